The van der Waals surface area contributed by atoms with Gasteiger partial charge in [0.25, 0.3) is 0 Å². The van der Waals surface area contributed by atoms with Gasteiger partial charge in [0.1, 0.15) is 38.0 Å². The molecule has 1 radical (unpaired) electrons. The Balaban J connectivity index is 0.000000257. The molecule has 1 aliphatic carbocycles. The molecular weight excluding hydrogens is 1780 g/mol. The smallest absolute Gasteiger partial charge is 0.194 e. The Bertz CT molecular complexity index is 4220. The van der Waals surface area contributed by atoms with Gasteiger partial charge < -0.3 is 0 Å². The van der Waals surface area contributed by atoms with Gasteiger partial charge in [-0.1, -0.05) is 109 Å². The first-order valence-corrected chi connectivity index (χ1v) is 38.8. The molecule has 1 aliphatic rings. The van der Waals surface area contributed by atoms with Crippen molar-refractivity contribution in [2.75, 3.05) is 0 Å². The maximum atomic E-state index is 14.2. The van der Waals surface area contributed by atoms with E-state index in [-0.39, 0.29) is 20.1 Å². The number of hydrogen-bond donors (Lipinski definition) is 0. The molecule has 0 amide bonds. The molecule has 0 spiro atoms. The molecule has 0 N–H and O–H groups in total. The first kappa shape index (κ1) is 94.7. The predicted molar refractivity (Wildman–Crippen MR) is 417 cm³/mol. The number of rotatable bonds is 10. The van der Waals surface area contributed by atoms with Crippen molar-refractivity contribution >= 4 is 75.7 Å². The predicted octanol–water partition coefficient (Wildman–Crippen LogP) is 23.9. The van der Waals surface area contributed by atoms with Gasteiger partial charge in [-0.15, -0.1) is 0 Å². The SMILES string of the molecule is C1=C\CC/C=C\CC/1.Cc1cc(C)cc([PH+](c2cc(C)cc(C)c2)c2cc(C)cc(C)c2)c1.Cc1cc(C)cc([PH+](c2cc(C)cc(C)c2)c2cc(C)cc(C)c2)c1.FC(F)(F)c1cc([B-](c2cc(C(F)(F)F)cc(C(F)(F)F)c2)(c2cc(C(F)(F)F)cc(C(F)(F)F)c2)c2cc(C(F)(F)F)cc(C(F)(F)F)c2)cc(C(F)(F)F)c1.[Ir]. The Morgan fingerprint density at radius 2 is 0.293 bits per heavy atom. The van der Waals surface area contributed by atoms with Gasteiger partial charge in [-0.25, -0.2) is 0 Å². The van der Waals surface area contributed by atoms with Gasteiger partial charge in [-0.3, -0.25) is 0 Å². The van der Waals surface area contributed by atoms with Crippen molar-refractivity contribution in [1.29, 1.82) is 0 Å². The molecule has 0 aliphatic heterocycles. The van der Waals surface area contributed by atoms with E-state index >= 15 is 0 Å². The summed E-state index contributed by atoms with van der Waals surface area (Å²) in [6.45, 7) is 26.5. The minimum Gasteiger partial charge on any atom is -0.194 e. The first-order chi connectivity index (χ1) is 52.9. The second kappa shape index (κ2) is 36.8. The number of benzene rings is 10. The van der Waals surface area contributed by atoms with Gasteiger partial charge in [-0.2, -0.15) is 127 Å². The molecule has 0 aromatic heterocycles. The fourth-order valence-corrected chi connectivity index (χ4v) is 21.1. The molecular formula is C88H80BF24IrP2+. The van der Waals surface area contributed by atoms with E-state index in [0.717, 1.165) is 0 Å². The number of aryl methyl sites for hydroxylation is 12. The van der Waals surface area contributed by atoms with Gasteiger partial charge in [0, 0.05) is 20.1 Å². The number of halogens is 24. The van der Waals surface area contributed by atoms with Crippen LogP contribution in [-0.4, -0.2) is 6.15 Å². The van der Waals surface area contributed by atoms with E-state index < -0.39 is 211 Å². The first-order valence-electron chi connectivity index (χ1n) is 35.8. The second-order valence-corrected chi connectivity index (χ2v) is 34.3. The zero-order valence-corrected chi connectivity index (χ0v) is 68.8. The molecule has 11 rings (SSSR count). The average Bonchev–Trinajstić information content (AvgIpc) is 0.706. The van der Waals surface area contributed by atoms with Crippen LogP contribution in [0.1, 0.15) is 137 Å². The van der Waals surface area contributed by atoms with E-state index in [2.05, 4.69) is 217 Å². The summed E-state index contributed by atoms with van der Waals surface area (Å²) in [4.78, 5) is 0. The van der Waals surface area contributed by atoms with Crippen LogP contribution in [0, 0.1) is 83.1 Å². The van der Waals surface area contributed by atoms with Crippen LogP contribution in [0.5, 0.6) is 0 Å². The van der Waals surface area contributed by atoms with Gasteiger partial charge >= 0.3 is 49.4 Å². The van der Waals surface area contributed by atoms with E-state index in [9.17, 15) is 105 Å². The van der Waals surface area contributed by atoms with Crippen LogP contribution in [0.4, 0.5) is 105 Å². The van der Waals surface area contributed by atoms with Crippen molar-refractivity contribution in [3.8, 4) is 0 Å². The minimum absolute atomic E-state index is 0. The second-order valence-electron chi connectivity index (χ2n) is 29.3. The van der Waals surface area contributed by atoms with E-state index in [4.69, 9.17) is 0 Å². The standard InChI is InChI=1S/C32H12BF24.2C24H27P.C8H12.Ir/c34-25(35,36)13-1-14(26(37,38)39)6-21(5-13)33(22-7-15(27(40,41)42)2-16(8-22)28(43,44)45,23-9-17(29(46,47)48)3-18(10-23)30(49,50)51)24-11-19(31(52,53)54)4-20(12-24)32(55,56)57;2*1-16-7-17(2)11-22(10-16)25(23-12-18(3)8-19(4)13-23)24-14-20(5)9-21(6)15-24;1-2-4-6-8-7-5-3-1;/h1-12H;2*7-15H,1-6H3;1-2,7-8H,3-6H2;/q-1;;;;/p+2/b;;;2-1-,8-7-;. The Hall–Kier alpha value is -8.43. The van der Waals surface area contributed by atoms with Crippen molar-refractivity contribution in [3.63, 3.8) is 0 Å². The van der Waals surface area contributed by atoms with Crippen molar-refractivity contribution in [1.82, 2.24) is 0 Å². The zero-order chi connectivity index (χ0) is 85.8. The Morgan fingerprint density at radius 3 is 0.397 bits per heavy atom. The van der Waals surface area contributed by atoms with Gasteiger partial charge in [0.05, 0.1) is 60.4 Å². The van der Waals surface area contributed by atoms with Crippen LogP contribution in [0.2, 0.25) is 0 Å². The minimum atomic E-state index is -6.13. The maximum absolute atomic E-state index is 14.2. The topological polar surface area (TPSA) is 0 Å². The van der Waals surface area contributed by atoms with Crippen molar-refractivity contribution in [2.24, 2.45) is 0 Å². The fraction of sp³-hybridized carbons (Fsp3) is 0.273. The van der Waals surface area contributed by atoms with E-state index in [0.29, 0.717) is 0 Å². The fourth-order valence-electron chi connectivity index (χ4n) is 14.6. The van der Waals surface area contributed by atoms with E-state index in [1.807, 2.05) is 0 Å². The van der Waals surface area contributed by atoms with Crippen LogP contribution in [0.15, 0.2) is 206 Å². The number of allylic oxidation sites excluding steroid dienone is 4. The molecule has 0 fully saturated rings. The maximum Gasteiger partial charge on any atom is 0.416 e. The largest absolute Gasteiger partial charge is 0.416 e. The Morgan fingerprint density at radius 1 is 0.181 bits per heavy atom. The Labute approximate surface area is 673 Å². The monoisotopic (exact) mass is 1860 g/mol. The quantitative estimate of drug-likeness (QED) is 0.0554. The summed E-state index contributed by atoms with van der Waals surface area (Å²) in [5.74, 6) is 0. The molecule has 0 bridgehead atoms. The summed E-state index contributed by atoms with van der Waals surface area (Å²) in [6, 6.07) is 33.4. The molecule has 0 unspecified atom stereocenters. The van der Waals surface area contributed by atoms with Crippen molar-refractivity contribution in [3.05, 3.63) is 318 Å². The van der Waals surface area contributed by atoms with E-state index in [1.165, 1.54) is 124 Å². The Kier molecular flexibility index (Phi) is 30.1. The normalized spacial score (nSPS) is 13.8. The zero-order valence-electron chi connectivity index (χ0n) is 64.4. The number of alkyl halides is 24. The molecule has 0 heterocycles. The summed E-state index contributed by atoms with van der Waals surface area (Å²) in [7, 11) is -2.02. The molecule has 28 heteroatoms. The third kappa shape index (κ3) is 24.8. The summed E-state index contributed by atoms with van der Waals surface area (Å²) in [6.07, 6.45) is -40.8. The van der Waals surface area contributed by atoms with Gasteiger partial charge in [0.15, 0.2) is 0 Å². The van der Waals surface area contributed by atoms with Crippen LogP contribution >= 0.6 is 15.8 Å². The van der Waals surface area contributed by atoms with Crippen LogP contribution < -0.4 is 53.7 Å². The van der Waals surface area contributed by atoms with Crippen molar-refractivity contribution < 1.29 is 125 Å². The number of hydrogen-bond acceptors (Lipinski definition) is 0. The summed E-state index contributed by atoms with van der Waals surface area (Å²) in [5, 5.41) is 8.90. The molecule has 10 aromatic carbocycles. The van der Waals surface area contributed by atoms with Crippen LogP contribution in [-0.2, 0) is 69.5 Å². The molecule has 0 atom stereocenters. The third-order valence-electron chi connectivity index (χ3n) is 18.8. The van der Waals surface area contributed by atoms with Gasteiger partial charge in [-0.05, 0) is 273 Å². The third-order valence-corrected chi connectivity index (χ3v) is 24.0. The van der Waals surface area contributed by atoms with Gasteiger partial charge in [0.2, 0.25) is 0 Å². The summed E-state index contributed by atoms with van der Waals surface area (Å²) < 4.78 is 341. The van der Waals surface area contributed by atoms with Crippen molar-refractivity contribution in [2.45, 2.75) is 158 Å². The molecule has 0 nitrogen and oxygen atoms in total. The molecule has 116 heavy (non-hydrogen) atoms. The molecule has 0 saturated heterocycles. The van der Waals surface area contributed by atoms with Crippen LogP contribution in [0.3, 0.4) is 0 Å². The summed E-state index contributed by atoms with van der Waals surface area (Å²) in [5.41, 5.74) is -14.0. The summed E-state index contributed by atoms with van der Waals surface area (Å²) >= 11 is 0. The van der Waals surface area contributed by atoms with E-state index in [1.54, 1.807) is 0 Å². The molecule has 10 aromatic rings. The molecule has 621 valence electrons. The average molecular weight is 1860 g/mol. The van der Waals surface area contributed by atoms with Crippen LogP contribution in [0.25, 0.3) is 0 Å². The molecule has 0 saturated carbocycles.